The topological polar surface area (TPSA) is 83.6 Å². The fraction of sp³-hybridized carbons (Fsp3) is 0.846. The number of likely N-dealkylation sites (tertiary alicyclic amines) is 1. The fourth-order valence-corrected chi connectivity index (χ4v) is 3.13. The number of carbonyl (C=O) groups excluding carboxylic acids is 1. The van der Waals surface area contributed by atoms with E-state index in [4.69, 9.17) is 10.8 Å². The van der Waals surface area contributed by atoms with Crippen LogP contribution in [0.5, 0.6) is 0 Å². The Morgan fingerprint density at radius 3 is 2.33 bits per heavy atom. The Kier molecular flexibility index (Phi) is 4.22. The highest BCUT2D eigenvalue weighted by Gasteiger charge is 2.34. The van der Waals surface area contributed by atoms with Crippen molar-refractivity contribution in [2.24, 2.45) is 17.6 Å². The van der Waals surface area contributed by atoms with E-state index in [1.807, 2.05) is 4.90 Å². The molecule has 0 aromatic rings. The Balaban J connectivity index is 1.82. The lowest BCUT2D eigenvalue weighted by molar-refractivity contribution is -0.139. The normalized spacial score (nSPS) is 29.5. The summed E-state index contributed by atoms with van der Waals surface area (Å²) in [5.74, 6) is -0.323. The highest BCUT2D eigenvalue weighted by molar-refractivity contribution is 5.80. The molecular formula is C13H22N2O3. The largest absolute Gasteiger partial charge is 0.481 e. The first-order valence-electron chi connectivity index (χ1n) is 6.84. The molecule has 1 saturated carbocycles. The van der Waals surface area contributed by atoms with Crippen LogP contribution in [-0.2, 0) is 9.59 Å². The number of hydrogen-bond donors (Lipinski definition) is 2. The van der Waals surface area contributed by atoms with E-state index in [1.54, 1.807) is 0 Å². The third kappa shape index (κ3) is 3.02. The maximum Gasteiger partial charge on any atom is 0.303 e. The molecule has 1 aliphatic carbocycles. The molecule has 1 amide bonds. The molecule has 1 heterocycles. The SMILES string of the molecule is NC1CCCC1C(=O)N1CCC(CC(=O)O)CC1. The van der Waals surface area contributed by atoms with Gasteiger partial charge >= 0.3 is 5.97 Å². The molecule has 2 unspecified atom stereocenters. The standard InChI is InChI=1S/C13H22N2O3/c14-11-3-1-2-10(11)13(18)15-6-4-9(5-7-15)8-12(16)17/h9-11H,1-8,14H2,(H,16,17). The van der Waals surface area contributed by atoms with Crippen LogP contribution in [0.25, 0.3) is 0 Å². The van der Waals surface area contributed by atoms with Gasteiger partial charge in [0.25, 0.3) is 0 Å². The number of carbonyl (C=O) groups is 2. The Morgan fingerprint density at radius 2 is 1.83 bits per heavy atom. The first-order chi connectivity index (χ1) is 8.58. The number of nitrogens with zero attached hydrogens (tertiary/aromatic N) is 1. The molecule has 2 fully saturated rings. The van der Waals surface area contributed by atoms with Gasteiger partial charge in [-0.15, -0.1) is 0 Å². The number of carboxylic acid groups (broad SMARTS) is 1. The molecule has 2 atom stereocenters. The number of rotatable bonds is 3. The summed E-state index contributed by atoms with van der Waals surface area (Å²) in [4.78, 5) is 24.8. The Morgan fingerprint density at radius 1 is 1.17 bits per heavy atom. The second-order valence-electron chi connectivity index (χ2n) is 5.57. The summed E-state index contributed by atoms with van der Waals surface area (Å²) in [7, 11) is 0. The smallest absolute Gasteiger partial charge is 0.303 e. The van der Waals surface area contributed by atoms with Crippen LogP contribution in [0.2, 0.25) is 0 Å². The van der Waals surface area contributed by atoms with Crippen LogP contribution in [0.4, 0.5) is 0 Å². The molecule has 5 heteroatoms. The quantitative estimate of drug-likeness (QED) is 0.781. The van der Waals surface area contributed by atoms with Gasteiger partial charge < -0.3 is 15.7 Å². The number of carboxylic acids is 1. The third-order valence-corrected chi connectivity index (χ3v) is 4.28. The van der Waals surface area contributed by atoms with Gasteiger partial charge in [0.2, 0.25) is 5.91 Å². The van der Waals surface area contributed by atoms with Crippen molar-refractivity contribution >= 4 is 11.9 Å². The summed E-state index contributed by atoms with van der Waals surface area (Å²) in [6.45, 7) is 1.39. The predicted octanol–water partition coefficient (Wildman–Crippen LogP) is 0.827. The molecule has 0 bridgehead atoms. The molecule has 0 aromatic heterocycles. The summed E-state index contributed by atoms with van der Waals surface area (Å²) in [5.41, 5.74) is 5.95. The minimum atomic E-state index is -0.738. The van der Waals surface area contributed by atoms with Gasteiger partial charge in [-0.1, -0.05) is 6.42 Å². The summed E-state index contributed by atoms with van der Waals surface area (Å²) >= 11 is 0. The van der Waals surface area contributed by atoms with Gasteiger partial charge in [0.1, 0.15) is 0 Å². The molecule has 3 N–H and O–H groups in total. The Hall–Kier alpha value is -1.10. The molecule has 2 rings (SSSR count). The highest BCUT2D eigenvalue weighted by atomic mass is 16.4. The number of aliphatic carboxylic acids is 1. The molecule has 1 aliphatic heterocycles. The average molecular weight is 254 g/mol. The minimum absolute atomic E-state index is 0.000948. The van der Waals surface area contributed by atoms with Crippen LogP contribution < -0.4 is 5.73 Å². The molecule has 0 aromatic carbocycles. The van der Waals surface area contributed by atoms with E-state index in [2.05, 4.69) is 0 Å². The molecule has 18 heavy (non-hydrogen) atoms. The van der Waals surface area contributed by atoms with Gasteiger partial charge in [-0.05, 0) is 31.6 Å². The van der Waals surface area contributed by atoms with Crippen LogP contribution >= 0.6 is 0 Å². The van der Waals surface area contributed by atoms with Crippen LogP contribution in [0.3, 0.4) is 0 Å². The second-order valence-corrected chi connectivity index (χ2v) is 5.57. The number of piperidine rings is 1. The van der Waals surface area contributed by atoms with Gasteiger partial charge in [0.15, 0.2) is 0 Å². The van der Waals surface area contributed by atoms with Gasteiger partial charge in [0, 0.05) is 25.6 Å². The zero-order valence-corrected chi connectivity index (χ0v) is 10.7. The van der Waals surface area contributed by atoms with E-state index in [0.717, 1.165) is 32.1 Å². The van der Waals surface area contributed by atoms with Crippen molar-refractivity contribution in [3.05, 3.63) is 0 Å². The Labute approximate surface area is 107 Å². The van der Waals surface area contributed by atoms with Crippen molar-refractivity contribution in [2.75, 3.05) is 13.1 Å². The van der Waals surface area contributed by atoms with E-state index >= 15 is 0 Å². The third-order valence-electron chi connectivity index (χ3n) is 4.28. The van der Waals surface area contributed by atoms with Crippen LogP contribution in [-0.4, -0.2) is 41.0 Å². The monoisotopic (exact) mass is 254 g/mol. The van der Waals surface area contributed by atoms with E-state index in [9.17, 15) is 9.59 Å². The maximum absolute atomic E-state index is 12.3. The summed E-state index contributed by atoms with van der Waals surface area (Å²) in [6, 6.07) is 0.0224. The maximum atomic E-state index is 12.3. The predicted molar refractivity (Wildman–Crippen MR) is 66.9 cm³/mol. The van der Waals surface area contributed by atoms with Crippen molar-refractivity contribution in [3.8, 4) is 0 Å². The van der Waals surface area contributed by atoms with Crippen LogP contribution in [0, 0.1) is 11.8 Å². The van der Waals surface area contributed by atoms with E-state index in [1.165, 1.54) is 0 Å². The second kappa shape index (κ2) is 5.69. The van der Waals surface area contributed by atoms with Crippen molar-refractivity contribution < 1.29 is 14.7 Å². The van der Waals surface area contributed by atoms with Crippen molar-refractivity contribution in [1.82, 2.24) is 4.90 Å². The van der Waals surface area contributed by atoms with Crippen LogP contribution in [0.15, 0.2) is 0 Å². The molecule has 5 nitrogen and oxygen atoms in total. The molecule has 1 saturated heterocycles. The highest BCUT2D eigenvalue weighted by Crippen LogP contribution is 2.28. The zero-order chi connectivity index (χ0) is 13.1. The number of nitrogens with two attached hydrogens (primary N) is 1. The lowest BCUT2D eigenvalue weighted by Crippen LogP contribution is -2.45. The number of amides is 1. The van der Waals surface area contributed by atoms with Crippen molar-refractivity contribution in [3.63, 3.8) is 0 Å². The van der Waals surface area contributed by atoms with Crippen molar-refractivity contribution in [2.45, 2.75) is 44.6 Å². The molecule has 0 spiro atoms. The number of hydrogen-bond acceptors (Lipinski definition) is 3. The van der Waals surface area contributed by atoms with Crippen molar-refractivity contribution in [1.29, 1.82) is 0 Å². The summed E-state index contributed by atoms with van der Waals surface area (Å²) < 4.78 is 0. The van der Waals surface area contributed by atoms with Crippen LogP contribution in [0.1, 0.15) is 38.5 Å². The van der Waals surface area contributed by atoms with E-state index in [0.29, 0.717) is 13.1 Å². The average Bonchev–Trinajstić information content (AvgIpc) is 2.75. The van der Waals surface area contributed by atoms with Gasteiger partial charge in [-0.2, -0.15) is 0 Å². The first kappa shape index (κ1) is 13.3. The molecular weight excluding hydrogens is 232 g/mol. The molecule has 2 aliphatic rings. The van der Waals surface area contributed by atoms with Gasteiger partial charge in [0.05, 0.1) is 5.92 Å². The minimum Gasteiger partial charge on any atom is -0.481 e. The zero-order valence-electron chi connectivity index (χ0n) is 10.7. The fourth-order valence-electron chi connectivity index (χ4n) is 3.13. The van der Waals surface area contributed by atoms with Gasteiger partial charge in [-0.3, -0.25) is 9.59 Å². The molecule has 102 valence electrons. The first-order valence-corrected chi connectivity index (χ1v) is 6.84. The Bertz CT molecular complexity index is 324. The summed E-state index contributed by atoms with van der Waals surface area (Å²) in [5, 5.41) is 8.75. The van der Waals surface area contributed by atoms with E-state index in [-0.39, 0.29) is 30.2 Å². The summed E-state index contributed by atoms with van der Waals surface area (Å²) in [6.07, 6.45) is 4.75. The lowest BCUT2D eigenvalue weighted by Gasteiger charge is -2.33. The molecule has 0 radical (unpaired) electrons. The van der Waals surface area contributed by atoms with E-state index < -0.39 is 5.97 Å². The van der Waals surface area contributed by atoms with Gasteiger partial charge in [-0.25, -0.2) is 0 Å². The lowest BCUT2D eigenvalue weighted by atomic mass is 9.92.